The molecule has 0 saturated carbocycles. The number of carbonyl (C=O) groups excluding carboxylic acids is 1. The number of hydrogen-bond donors (Lipinski definition) is 1. The fourth-order valence-corrected chi connectivity index (χ4v) is 3.59. The first-order chi connectivity index (χ1) is 10.1. The van der Waals surface area contributed by atoms with Gasteiger partial charge < -0.3 is 14.7 Å². The third-order valence-electron chi connectivity index (χ3n) is 3.58. The van der Waals surface area contributed by atoms with Crippen LogP contribution in [0.15, 0.2) is 24.3 Å². The smallest absolute Gasteiger partial charge is 0.327 e. The molecule has 6 heteroatoms. The lowest BCUT2D eigenvalue weighted by atomic mass is 10.1. The average Bonchev–Trinajstić information content (AvgIpc) is 3.12. The van der Waals surface area contributed by atoms with Crippen LogP contribution in [0, 0.1) is 0 Å². The van der Waals surface area contributed by atoms with Crippen molar-refractivity contribution in [2.75, 3.05) is 18.2 Å². The van der Waals surface area contributed by atoms with Gasteiger partial charge in [-0.1, -0.05) is 6.07 Å². The van der Waals surface area contributed by atoms with Gasteiger partial charge in [0, 0.05) is 18.2 Å². The number of fused-ring (bicyclic) bond motifs is 1. The SMILES string of the molecule is O=C(O)C1CSCN1C(=O)/C=C/c1ccc2c(c1)CCO2. The van der Waals surface area contributed by atoms with Crippen LogP contribution < -0.4 is 4.74 Å². The lowest BCUT2D eigenvalue weighted by Gasteiger charge is -2.18. The predicted octanol–water partition coefficient (Wildman–Crippen LogP) is 1.62. The summed E-state index contributed by atoms with van der Waals surface area (Å²) in [5.41, 5.74) is 2.07. The summed E-state index contributed by atoms with van der Waals surface area (Å²) in [6.45, 7) is 0.701. The zero-order valence-electron chi connectivity index (χ0n) is 11.3. The first-order valence-electron chi connectivity index (χ1n) is 6.70. The lowest BCUT2D eigenvalue weighted by molar-refractivity contribution is -0.146. The molecule has 0 aromatic heterocycles. The van der Waals surface area contributed by atoms with E-state index < -0.39 is 12.0 Å². The molecule has 1 fully saturated rings. The minimum Gasteiger partial charge on any atom is -0.493 e. The maximum absolute atomic E-state index is 12.1. The molecule has 1 unspecified atom stereocenters. The van der Waals surface area contributed by atoms with E-state index in [9.17, 15) is 9.59 Å². The molecule has 2 aliphatic heterocycles. The van der Waals surface area contributed by atoms with Gasteiger partial charge >= 0.3 is 5.97 Å². The Morgan fingerprint density at radius 2 is 2.29 bits per heavy atom. The molecule has 1 N–H and O–H groups in total. The number of carboxylic acid groups (broad SMARTS) is 1. The molecule has 1 aromatic rings. The highest BCUT2D eigenvalue weighted by Crippen LogP contribution is 2.26. The number of thioether (sulfide) groups is 1. The monoisotopic (exact) mass is 305 g/mol. The number of aliphatic carboxylic acids is 1. The van der Waals surface area contributed by atoms with Crippen molar-refractivity contribution in [3.05, 3.63) is 35.4 Å². The van der Waals surface area contributed by atoms with Gasteiger partial charge in [-0.25, -0.2) is 4.79 Å². The zero-order chi connectivity index (χ0) is 14.8. The number of carbonyl (C=O) groups is 2. The minimum atomic E-state index is -0.948. The highest BCUT2D eigenvalue weighted by molar-refractivity contribution is 7.99. The summed E-state index contributed by atoms with van der Waals surface area (Å²) in [4.78, 5) is 24.6. The Bertz CT molecular complexity index is 614. The highest BCUT2D eigenvalue weighted by atomic mass is 32.2. The lowest BCUT2D eigenvalue weighted by Crippen LogP contribution is -2.40. The number of hydrogen-bond acceptors (Lipinski definition) is 4. The molecule has 0 bridgehead atoms. The van der Waals surface area contributed by atoms with Gasteiger partial charge in [0.05, 0.1) is 12.5 Å². The van der Waals surface area contributed by atoms with Crippen LogP contribution in [0.25, 0.3) is 6.08 Å². The van der Waals surface area contributed by atoms with Crippen molar-refractivity contribution in [3.8, 4) is 5.75 Å². The topological polar surface area (TPSA) is 66.8 Å². The van der Waals surface area contributed by atoms with E-state index in [2.05, 4.69) is 0 Å². The van der Waals surface area contributed by atoms with Gasteiger partial charge in [-0.2, -0.15) is 0 Å². The largest absolute Gasteiger partial charge is 0.493 e. The number of benzene rings is 1. The maximum Gasteiger partial charge on any atom is 0.327 e. The fourth-order valence-electron chi connectivity index (χ4n) is 2.44. The molecule has 3 rings (SSSR count). The molecular formula is C15H15NO4S. The number of ether oxygens (including phenoxy) is 1. The van der Waals surface area contributed by atoms with Crippen LogP contribution in [0.2, 0.25) is 0 Å². The molecule has 0 spiro atoms. The van der Waals surface area contributed by atoms with Crippen molar-refractivity contribution in [1.29, 1.82) is 0 Å². The van der Waals surface area contributed by atoms with E-state index in [1.54, 1.807) is 6.08 Å². The second-order valence-electron chi connectivity index (χ2n) is 4.96. The molecule has 2 heterocycles. The summed E-state index contributed by atoms with van der Waals surface area (Å²) in [5.74, 6) is 0.574. The van der Waals surface area contributed by atoms with Gasteiger partial charge in [-0.3, -0.25) is 4.79 Å². The summed E-state index contributed by atoms with van der Waals surface area (Å²) in [5, 5.41) is 9.08. The van der Waals surface area contributed by atoms with Gasteiger partial charge in [-0.15, -0.1) is 11.8 Å². The van der Waals surface area contributed by atoms with E-state index in [4.69, 9.17) is 9.84 Å². The van der Waals surface area contributed by atoms with E-state index >= 15 is 0 Å². The van der Waals surface area contributed by atoms with Crippen molar-refractivity contribution >= 4 is 29.7 Å². The van der Waals surface area contributed by atoms with E-state index in [1.807, 2.05) is 18.2 Å². The molecule has 1 amide bonds. The van der Waals surface area contributed by atoms with Crippen LogP contribution in [-0.4, -0.2) is 46.2 Å². The average molecular weight is 305 g/mol. The molecule has 1 atom stereocenters. The Labute approximate surface area is 126 Å². The standard InChI is InChI=1S/C15H15NO4S/c17-14(16-9-21-8-12(16)15(18)19)4-2-10-1-3-13-11(7-10)5-6-20-13/h1-4,7,12H,5-6,8-9H2,(H,18,19)/b4-2+. The summed E-state index contributed by atoms with van der Waals surface area (Å²) in [6, 6.07) is 5.07. The van der Waals surface area contributed by atoms with Gasteiger partial charge in [-0.05, 0) is 29.3 Å². The van der Waals surface area contributed by atoms with E-state index in [1.165, 1.54) is 22.7 Å². The summed E-state index contributed by atoms with van der Waals surface area (Å²) >= 11 is 1.46. The zero-order valence-corrected chi connectivity index (χ0v) is 12.1. The Morgan fingerprint density at radius 3 is 3.10 bits per heavy atom. The van der Waals surface area contributed by atoms with Crippen LogP contribution in [0.3, 0.4) is 0 Å². The Hall–Kier alpha value is -1.95. The van der Waals surface area contributed by atoms with Crippen molar-refractivity contribution in [1.82, 2.24) is 4.90 Å². The normalized spacial score (nSPS) is 20.6. The van der Waals surface area contributed by atoms with Crippen LogP contribution >= 0.6 is 11.8 Å². The second-order valence-corrected chi connectivity index (χ2v) is 5.96. The molecule has 5 nitrogen and oxygen atoms in total. The van der Waals surface area contributed by atoms with Gasteiger partial charge in [0.25, 0.3) is 0 Å². The quantitative estimate of drug-likeness (QED) is 0.860. The molecule has 2 aliphatic rings. The Morgan fingerprint density at radius 1 is 1.43 bits per heavy atom. The highest BCUT2D eigenvalue weighted by Gasteiger charge is 2.33. The Kier molecular flexibility index (Phi) is 3.88. The molecule has 0 radical (unpaired) electrons. The minimum absolute atomic E-state index is 0.260. The number of amides is 1. The van der Waals surface area contributed by atoms with E-state index in [0.29, 0.717) is 18.2 Å². The number of carboxylic acids is 1. The predicted molar refractivity (Wildman–Crippen MR) is 80.3 cm³/mol. The summed E-state index contributed by atoms with van der Waals surface area (Å²) in [6.07, 6.45) is 4.05. The van der Waals surface area contributed by atoms with Crippen molar-refractivity contribution in [2.24, 2.45) is 0 Å². The van der Waals surface area contributed by atoms with Gasteiger partial charge in [0.1, 0.15) is 11.8 Å². The van der Waals surface area contributed by atoms with Crippen molar-refractivity contribution < 1.29 is 19.4 Å². The first-order valence-corrected chi connectivity index (χ1v) is 7.85. The third kappa shape index (κ3) is 2.90. The molecule has 1 saturated heterocycles. The number of rotatable bonds is 3. The number of nitrogens with zero attached hydrogens (tertiary/aromatic N) is 1. The van der Waals surface area contributed by atoms with Crippen LogP contribution in [0.1, 0.15) is 11.1 Å². The molecule has 0 aliphatic carbocycles. The molecule has 110 valence electrons. The van der Waals surface area contributed by atoms with Crippen molar-refractivity contribution in [2.45, 2.75) is 12.5 Å². The van der Waals surface area contributed by atoms with Crippen molar-refractivity contribution in [3.63, 3.8) is 0 Å². The molecule has 1 aromatic carbocycles. The molecular weight excluding hydrogens is 290 g/mol. The van der Waals surface area contributed by atoms with E-state index in [-0.39, 0.29) is 5.91 Å². The first kappa shape index (κ1) is 14.0. The maximum atomic E-state index is 12.1. The fraction of sp³-hybridized carbons (Fsp3) is 0.333. The van der Waals surface area contributed by atoms with Gasteiger partial charge in [0.15, 0.2) is 0 Å². The molecule has 21 heavy (non-hydrogen) atoms. The summed E-state index contributed by atoms with van der Waals surface area (Å²) in [7, 11) is 0. The van der Waals surface area contributed by atoms with Crippen LogP contribution in [0.4, 0.5) is 0 Å². The second kappa shape index (κ2) is 5.81. The van der Waals surface area contributed by atoms with Gasteiger partial charge in [0.2, 0.25) is 5.91 Å². The Balaban J connectivity index is 1.71. The van der Waals surface area contributed by atoms with E-state index in [0.717, 1.165) is 23.3 Å². The third-order valence-corrected chi connectivity index (χ3v) is 4.59. The van der Waals surface area contributed by atoms with Crippen LogP contribution in [-0.2, 0) is 16.0 Å². The summed E-state index contributed by atoms with van der Waals surface area (Å²) < 4.78 is 5.43. The van der Waals surface area contributed by atoms with Crippen LogP contribution in [0.5, 0.6) is 5.75 Å².